The van der Waals surface area contributed by atoms with E-state index in [1.54, 1.807) is 7.11 Å². The van der Waals surface area contributed by atoms with E-state index < -0.39 is 0 Å². The van der Waals surface area contributed by atoms with Crippen LogP contribution in [0, 0.1) is 6.92 Å². The molecular weight excluding hydrogens is 218 g/mol. The number of allylic oxidation sites excluding steroid dienone is 1. The number of rotatable bonds is 7. The molecule has 0 spiro atoms. The molecule has 0 fully saturated rings. The molecule has 1 heterocycles. The van der Waals surface area contributed by atoms with Crippen LogP contribution in [0.25, 0.3) is 5.57 Å². The smallest absolute Gasteiger partial charge is 0.0587 e. The summed E-state index contributed by atoms with van der Waals surface area (Å²) in [4.78, 5) is 1.40. The third-order valence-electron chi connectivity index (χ3n) is 2.54. The second kappa shape index (κ2) is 7.60. The van der Waals surface area contributed by atoms with Gasteiger partial charge in [0.05, 0.1) is 6.61 Å². The zero-order valence-electron chi connectivity index (χ0n) is 10.4. The molecule has 1 N–H and O–H groups in total. The lowest BCUT2D eigenvalue weighted by molar-refractivity contribution is 0.199. The summed E-state index contributed by atoms with van der Waals surface area (Å²) in [6.45, 7) is 7.09. The van der Waals surface area contributed by atoms with Crippen LogP contribution in [0.1, 0.15) is 23.8 Å². The van der Waals surface area contributed by atoms with Crippen molar-refractivity contribution in [1.29, 1.82) is 0 Å². The molecule has 16 heavy (non-hydrogen) atoms. The third kappa shape index (κ3) is 4.47. The van der Waals surface area contributed by atoms with Gasteiger partial charge in [0.15, 0.2) is 0 Å². The minimum atomic E-state index is 0.784. The van der Waals surface area contributed by atoms with Crippen molar-refractivity contribution in [3.05, 3.63) is 28.0 Å². The minimum Gasteiger partial charge on any atom is -0.383 e. The fourth-order valence-corrected chi connectivity index (χ4v) is 2.36. The maximum atomic E-state index is 4.97. The number of methoxy groups -OCH3 is 1. The molecule has 0 atom stereocenters. The van der Waals surface area contributed by atoms with E-state index >= 15 is 0 Å². The maximum absolute atomic E-state index is 4.97. The van der Waals surface area contributed by atoms with Gasteiger partial charge < -0.3 is 10.1 Å². The normalized spacial score (nSPS) is 12.1. The van der Waals surface area contributed by atoms with Crippen molar-refractivity contribution in [3.63, 3.8) is 0 Å². The van der Waals surface area contributed by atoms with Crippen molar-refractivity contribution in [3.8, 4) is 0 Å². The second-order valence-corrected chi connectivity index (χ2v) is 4.93. The lowest BCUT2D eigenvalue weighted by atomic mass is 10.1. The molecule has 2 nitrogen and oxygen atoms in total. The lowest BCUT2D eigenvalue weighted by Crippen LogP contribution is -2.19. The number of nitrogens with one attached hydrogen (secondary N) is 1. The quantitative estimate of drug-likeness (QED) is 0.738. The summed E-state index contributed by atoms with van der Waals surface area (Å²) in [5.41, 5.74) is 2.77. The van der Waals surface area contributed by atoms with Gasteiger partial charge in [0.2, 0.25) is 0 Å². The number of hydrogen-bond donors (Lipinski definition) is 1. The molecule has 3 heteroatoms. The highest BCUT2D eigenvalue weighted by Crippen LogP contribution is 2.23. The monoisotopic (exact) mass is 239 g/mol. The first-order valence-corrected chi connectivity index (χ1v) is 6.54. The zero-order valence-corrected chi connectivity index (χ0v) is 11.2. The van der Waals surface area contributed by atoms with Crippen molar-refractivity contribution in [1.82, 2.24) is 5.32 Å². The highest BCUT2D eigenvalue weighted by molar-refractivity contribution is 7.10. The molecule has 0 aliphatic carbocycles. The zero-order chi connectivity index (χ0) is 11.8. The predicted octanol–water partition coefficient (Wildman–Crippen LogP) is 3.09. The van der Waals surface area contributed by atoms with Crippen molar-refractivity contribution < 1.29 is 4.74 Å². The SMILES string of the molecule is COCCNCC/C=C(/C)c1ccsc1C. The number of aryl methyl sites for hydroxylation is 1. The summed E-state index contributed by atoms with van der Waals surface area (Å²) < 4.78 is 4.97. The van der Waals surface area contributed by atoms with Gasteiger partial charge in [0, 0.05) is 18.5 Å². The first-order chi connectivity index (χ1) is 7.75. The molecule has 0 saturated heterocycles. The lowest BCUT2D eigenvalue weighted by Gasteiger charge is -2.03. The standard InChI is InChI=1S/C13H21NOS/c1-11(13-6-10-16-12(13)2)5-4-7-14-8-9-15-3/h5-6,10,14H,4,7-9H2,1-3H3/b11-5-. The molecule has 0 bridgehead atoms. The molecule has 0 radical (unpaired) electrons. The summed E-state index contributed by atoms with van der Waals surface area (Å²) in [5, 5.41) is 5.49. The van der Waals surface area contributed by atoms with Crippen molar-refractivity contribution in [2.24, 2.45) is 0 Å². The van der Waals surface area contributed by atoms with Gasteiger partial charge in [0.1, 0.15) is 0 Å². The van der Waals surface area contributed by atoms with Crippen LogP contribution in [-0.2, 0) is 4.74 Å². The third-order valence-corrected chi connectivity index (χ3v) is 3.38. The molecule has 1 rings (SSSR count). The van der Waals surface area contributed by atoms with Crippen LogP contribution < -0.4 is 5.32 Å². The molecule has 1 aromatic heterocycles. The highest BCUT2D eigenvalue weighted by atomic mass is 32.1. The van der Waals surface area contributed by atoms with E-state index in [-0.39, 0.29) is 0 Å². The van der Waals surface area contributed by atoms with Crippen LogP contribution in [-0.4, -0.2) is 26.8 Å². The molecule has 0 aliphatic heterocycles. The van der Waals surface area contributed by atoms with Gasteiger partial charge in [-0.15, -0.1) is 11.3 Å². The van der Waals surface area contributed by atoms with E-state index in [0.29, 0.717) is 0 Å². The van der Waals surface area contributed by atoms with E-state index in [1.165, 1.54) is 16.0 Å². The van der Waals surface area contributed by atoms with Gasteiger partial charge in [-0.3, -0.25) is 0 Å². The Morgan fingerprint density at radius 1 is 1.50 bits per heavy atom. The van der Waals surface area contributed by atoms with Gasteiger partial charge in [0.25, 0.3) is 0 Å². The Balaban J connectivity index is 2.27. The van der Waals surface area contributed by atoms with E-state index in [1.807, 2.05) is 11.3 Å². The minimum absolute atomic E-state index is 0.784. The van der Waals surface area contributed by atoms with Gasteiger partial charge >= 0.3 is 0 Å². The van der Waals surface area contributed by atoms with Crippen LogP contribution in [0.2, 0.25) is 0 Å². The summed E-state index contributed by atoms with van der Waals surface area (Å²) in [6, 6.07) is 2.20. The van der Waals surface area contributed by atoms with Gasteiger partial charge in [-0.1, -0.05) is 6.08 Å². The molecule has 0 aliphatic rings. The highest BCUT2D eigenvalue weighted by Gasteiger charge is 2.00. The summed E-state index contributed by atoms with van der Waals surface area (Å²) in [7, 11) is 1.73. The molecule has 0 saturated carbocycles. The summed E-state index contributed by atoms with van der Waals surface area (Å²) in [5.74, 6) is 0. The summed E-state index contributed by atoms with van der Waals surface area (Å²) in [6.07, 6.45) is 3.37. The Kier molecular flexibility index (Phi) is 6.38. The number of thiophene rings is 1. The maximum Gasteiger partial charge on any atom is 0.0587 e. The molecule has 0 aromatic carbocycles. The molecule has 90 valence electrons. The first-order valence-electron chi connectivity index (χ1n) is 5.66. The Hall–Kier alpha value is -0.640. The predicted molar refractivity (Wildman–Crippen MR) is 72.1 cm³/mol. The van der Waals surface area contributed by atoms with E-state index in [4.69, 9.17) is 4.74 Å². The largest absolute Gasteiger partial charge is 0.383 e. The molecule has 0 unspecified atom stereocenters. The van der Waals surface area contributed by atoms with Crippen molar-refractivity contribution in [2.45, 2.75) is 20.3 Å². The average molecular weight is 239 g/mol. The Labute approximate surface area is 102 Å². The fraction of sp³-hybridized carbons (Fsp3) is 0.538. The first kappa shape index (κ1) is 13.4. The molecule has 0 amide bonds. The average Bonchev–Trinajstić information content (AvgIpc) is 2.69. The number of hydrogen-bond acceptors (Lipinski definition) is 3. The van der Waals surface area contributed by atoms with Crippen LogP contribution in [0.5, 0.6) is 0 Å². The van der Waals surface area contributed by atoms with E-state index in [0.717, 1.165) is 26.1 Å². The Bertz CT molecular complexity index is 330. The Morgan fingerprint density at radius 3 is 2.94 bits per heavy atom. The molecular formula is C13H21NOS. The van der Waals surface area contributed by atoms with Crippen LogP contribution >= 0.6 is 11.3 Å². The number of ether oxygens (including phenoxy) is 1. The van der Waals surface area contributed by atoms with Crippen LogP contribution in [0.15, 0.2) is 17.5 Å². The van der Waals surface area contributed by atoms with Crippen molar-refractivity contribution in [2.75, 3.05) is 26.8 Å². The Morgan fingerprint density at radius 2 is 2.31 bits per heavy atom. The van der Waals surface area contributed by atoms with Gasteiger partial charge in [-0.05, 0) is 49.4 Å². The molecule has 1 aromatic rings. The second-order valence-electron chi connectivity index (χ2n) is 3.81. The van der Waals surface area contributed by atoms with Crippen LogP contribution in [0.4, 0.5) is 0 Å². The van der Waals surface area contributed by atoms with Crippen molar-refractivity contribution >= 4 is 16.9 Å². The van der Waals surface area contributed by atoms with Crippen LogP contribution in [0.3, 0.4) is 0 Å². The fourth-order valence-electron chi connectivity index (χ4n) is 1.59. The van der Waals surface area contributed by atoms with Gasteiger partial charge in [-0.25, -0.2) is 0 Å². The summed E-state index contributed by atoms with van der Waals surface area (Å²) >= 11 is 1.81. The van der Waals surface area contributed by atoms with E-state index in [9.17, 15) is 0 Å². The van der Waals surface area contributed by atoms with E-state index in [2.05, 4.69) is 36.7 Å². The van der Waals surface area contributed by atoms with Gasteiger partial charge in [-0.2, -0.15) is 0 Å². The topological polar surface area (TPSA) is 21.3 Å².